The number of carbonyl (C=O) groups is 1. The number of carboxylic acid groups (broad SMARTS) is 1. The second-order valence-electron chi connectivity index (χ2n) is 3.97. The molecule has 0 atom stereocenters. The maximum Gasteiger partial charge on any atom is 1.00 e. The van der Waals surface area contributed by atoms with Gasteiger partial charge in [-0.05, 0) is 18.8 Å². The van der Waals surface area contributed by atoms with Crippen LogP contribution in [0.4, 0.5) is 0 Å². The summed E-state index contributed by atoms with van der Waals surface area (Å²) in [7, 11) is 0. The standard InChI is InChI=1S/C11H17O3.CO2.2Na/c1-8(2)7-10(11(12)13)9-3-5-14-6-4-9;2-1-3;;/h8-9H,3-6H2,1-2H3,(H,12,13);;;/q-1;;2*+1/p-1. The third-order valence-corrected chi connectivity index (χ3v) is 2.29. The van der Waals surface area contributed by atoms with Gasteiger partial charge in [-0.2, -0.15) is 15.2 Å². The molecule has 0 amide bonds. The first-order valence-electron chi connectivity index (χ1n) is 5.44. The summed E-state index contributed by atoms with van der Waals surface area (Å²) in [4.78, 5) is 27.1. The van der Waals surface area contributed by atoms with Crippen molar-refractivity contribution in [3.8, 4) is 0 Å². The molecule has 0 saturated carbocycles. The van der Waals surface area contributed by atoms with Crippen molar-refractivity contribution < 1.29 is 83.3 Å². The van der Waals surface area contributed by atoms with E-state index in [1.54, 1.807) is 0 Å². The Balaban J connectivity index is -0.000000468. The Morgan fingerprint density at radius 3 is 2.00 bits per heavy atom. The Bertz CT molecular complexity index is 303. The predicted octanol–water partition coefficient (Wildman–Crippen LogP) is -6.03. The molecule has 1 saturated heterocycles. The summed E-state index contributed by atoms with van der Waals surface area (Å²) in [6.07, 6.45) is 4.73. The first-order chi connectivity index (χ1) is 8.02. The number of hydrogen-bond acceptors (Lipinski definition) is 5. The van der Waals surface area contributed by atoms with Gasteiger partial charge in [-0.15, -0.1) is 11.9 Å². The van der Waals surface area contributed by atoms with Crippen LogP contribution in [0.25, 0.3) is 0 Å². The van der Waals surface area contributed by atoms with Crippen molar-refractivity contribution in [3.63, 3.8) is 0 Å². The van der Waals surface area contributed by atoms with E-state index in [0.717, 1.165) is 12.8 Å². The van der Waals surface area contributed by atoms with Crippen LogP contribution >= 0.6 is 0 Å². The summed E-state index contributed by atoms with van der Waals surface area (Å²) in [6.45, 7) is 5.12. The number of ether oxygens (including phenoxy) is 1. The molecule has 19 heavy (non-hydrogen) atoms. The minimum Gasteiger partial charge on any atom is -0.658 e. The largest absolute Gasteiger partial charge is 1.00 e. The molecule has 0 bridgehead atoms. The van der Waals surface area contributed by atoms with Crippen LogP contribution in [-0.2, 0) is 19.1 Å². The molecule has 0 aromatic rings. The van der Waals surface area contributed by atoms with Crippen molar-refractivity contribution in [2.24, 2.45) is 11.8 Å². The van der Waals surface area contributed by atoms with Crippen LogP contribution in [-0.4, -0.2) is 25.3 Å². The van der Waals surface area contributed by atoms with Crippen LogP contribution < -0.4 is 64.2 Å². The molecule has 0 radical (unpaired) electrons. The van der Waals surface area contributed by atoms with Gasteiger partial charge in [0.25, 0.3) is 0 Å². The Morgan fingerprint density at radius 1 is 1.26 bits per heavy atom. The number of hydrogen-bond donors (Lipinski definition) is 0. The first kappa shape index (κ1) is 24.6. The second kappa shape index (κ2) is 14.9. The number of carboxylic acids is 1. The van der Waals surface area contributed by atoms with Crippen LogP contribution in [0.1, 0.15) is 26.7 Å². The maximum absolute atomic E-state index is 10.9. The monoisotopic (exact) mass is 286 g/mol. The average Bonchev–Trinajstić information content (AvgIpc) is 2.27. The fraction of sp³-hybridized carbons (Fsp3) is 0.667. The summed E-state index contributed by atoms with van der Waals surface area (Å²) in [5.74, 6) is -0.882. The molecule has 0 N–H and O–H groups in total. The Kier molecular flexibility index (Phi) is 19.3. The SMILES string of the molecule is CC(C)[C-]=C(C(=O)[O-])C1CCOCC1.O=C=O.[Na+].[Na+]. The quantitative estimate of drug-likeness (QED) is 0.293. The van der Waals surface area contributed by atoms with E-state index in [2.05, 4.69) is 6.08 Å². The van der Waals surface area contributed by atoms with E-state index < -0.39 is 5.97 Å². The van der Waals surface area contributed by atoms with E-state index in [-0.39, 0.29) is 77.1 Å². The number of rotatable bonds is 3. The van der Waals surface area contributed by atoms with Crippen molar-refractivity contribution in [1.29, 1.82) is 0 Å². The van der Waals surface area contributed by atoms with Crippen LogP contribution in [0.5, 0.6) is 0 Å². The molecular formula is C12H16Na2O5. The molecule has 1 fully saturated rings. The molecule has 0 aromatic heterocycles. The third-order valence-electron chi connectivity index (χ3n) is 2.29. The number of carbonyl (C=O) groups excluding carboxylic acids is 3. The zero-order valence-electron chi connectivity index (χ0n) is 12.0. The topological polar surface area (TPSA) is 83.5 Å². The summed E-state index contributed by atoms with van der Waals surface area (Å²) in [5, 5.41) is 10.9. The number of allylic oxidation sites excluding steroid dienone is 1. The molecule has 1 rings (SSSR count). The molecule has 0 spiro atoms. The van der Waals surface area contributed by atoms with E-state index in [0.29, 0.717) is 18.8 Å². The van der Waals surface area contributed by atoms with Gasteiger partial charge in [0.15, 0.2) is 0 Å². The van der Waals surface area contributed by atoms with Gasteiger partial charge in [-0.3, -0.25) is 6.08 Å². The van der Waals surface area contributed by atoms with Crippen molar-refractivity contribution in [3.05, 3.63) is 11.6 Å². The fourth-order valence-electron chi connectivity index (χ4n) is 1.64. The Hall–Kier alpha value is 0.550. The van der Waals surface area contributed by atoms with E-state index in [4.69, 9.17) is 14.3 Å². The van der Waals surface area contributed by atoms with Crippen molar-refractivity contribution in [2.75, 3.05) is 13.2 Å². The Labute approximate surface area is 157 Å². The van der Waals surface area contributed by atoms with E-state index in [9.17, 15) is 9.90 Å². The molecule has 0 aliphatic carbocycles. The van der Waals surface area contributed by atoms with E-state index >= 15 is 0 Å². The minimum absolute atomic E-state index is 0. The summed E-state index contributed by atoms with van der Waals surface area (Å²) in [5.41, 5.74) is 0.336. The van der Waals surface area contributed by atoms with Crippen LogP contribution in [0.2, 0.25) is 0 Å². The second-order valence-corrected chi connectivity index (χ2v) is 3.97. The summed E-state index contributed by atoms with van der Waals surface area (Å²) < 4.78 is 5.18. The maximum atomic E-state index is 10.9. The summed E-state index contributed by atoms with van der Waals surface area (Å²) >= 11 is 0. The van der Waals surface area contributed by atoms with Gasteiger partial charge in [0.1, 0.15) is 0 Å². The van der Waals surface area contributed by atoms with Crippen molar-refractivity contribution in [1.82, 2.24) is 0 Å². The molecule has 96 valence electrons. The smallest absolute Gasteiger partial charge is 0.658 e. The molecule has 1 aliphatic rings. The molecule has 5 nitrogen and oxygen atoms in total. The number of aliphatic carboxylic acids is 1. The fourth-order valence-corrected chi connectivity index (χ4v) is 1.64. The van der Waals surface area contributed by atoms with Crippen LogP contribution in [0.15, 0.2) is 5.57 Å². The van der Waals surface area contributed by atoms with Gasteiger partial charge in [-0.1, -0.05) is 13.8 Å². The minimum atomic E-state index is -1.08. The molecule has 1 aliphatic heterocycles. The van der Waals surface area contributed by atoms with Crippen LogP contribution in [0.3, 0.4) is 0 Å². The van der Waals surface area contributed by atoms with Crippen molar-refractivity contribution in [2.45, 2.75) is 26.7 Å². The predicted molar refractivity (Wildman–Crippen MR) is 55.2 cm³/mol. The third kappa shape index (κ3) is 12.0. The van der Waals surface area contributed by atoms with Gasteiger partial charge in [0.05, 0.1) is 0 Å². The average molecular weight is 286 g/mol. The van der Waals surface area contributed by atoms with Gasteiger partial charge in [0, 0.05) is 13.2 Å². The molecular weight excluding hydrogens is 270 g/mol. The van der Waals surface area contributed by atoms with Crippen LogP contribution in [0, 0.1) is 17.9 Å². The Morgan fingerprint density at radius 2 is 1.68 bits per heavy atom. The summed E-state index contributed by atoms with van der Waals surface area (Å²) in [6, 6.07) is 0. The first-order valence-corrected chi connectivity index (χ1v) is 5.44. The van der Waals surface area contributed by atoms with Gasteiger partial charge < -0.3 is 14.6 Å². The van der Waals surface area contributed by atoms with Gasteiger partial charge in [0.2, 0.25) is 0 Å². The zero-order valence-corrected chi connectivity index (χ0v) is 16.0. The molecule has 7 heteroatoms. The molecule has 1 heterocycles. The molecule has 0 aromatic carbocycles. The normalized spacial score (nSPS) is 15.2. The molecule has 0 unspecified atom stereocenters. The van der Waals surface area contributed by atoms with Crippen molar-refractivity contribution >= 4 is 12.1 Å². The van der Waals surface area contributed by atoms with E-state index in [1.807, 2.05) is 13.8 Å². The van der Waals surface area contributed by atoms with Gasteiger partial charge in [-0.25, -0.2) is 0 Å². The van der Waals surface area contributed by atoms with E-state index in [1.165, 1.54) is 0 Å². The zero-order chi connectivity index (χ0) is 13.3. The van der Waals surface area contributed by atoms with Gasteiger partial charge >= 0.3 is 65.3 Å².